The van der Waals surface area contributed by atoms with E-state index in [1.54, 1.807) is 12.1 Å². The standard InChI is InChI=1S/C15H20N2O/c1-2-3-4-5-11-17-15(18)14-8-6-7-13(12-14)9-10-16/h6-8,12H,2-5,9,11H2,1H3,(H,17,18). The van der Waals surface area contributed by atoms with Crippen LogP contribution in [0.4, 0.5) is 0 Å². The zero-order valence-electron chi connectivity index (χ0n) is 10.9. The van der Waals surface area contributed by atoms with Gasteiger partial charge in [-0.15, -0.1) is 0 Å². The lowest BCUT2D eigenvalue weighted by atomic mass is 10.1. The first-order valence-electron chi connectivity index (χ1n) is 6.52. The lowest BCUT2D eigenvalue weighted by Gasteiger charge is -2.05. The van der Waals surface area contributed by atoms with Crippen molar-refractivity contribution in [2.45, 2.75) is 39.0 Å². The summed E-state index contributed by atoms with van der Waals surface area (Å²) in [7, 11) is 0. The van der Waals surface area contributed by atoms with Gasteiger partial charge in [0.1, 0.15) is 0 Å². The van der Waals surface area contributed by atoms with E-state index < -0.39 is 0 Å². The predicted molar refractivity (Wildman–Crippen MR) is 72.2 cm³/mol. The van der Waals surface area contributed by atoms with Gasteiger partial charge in [-0.05, 0) is 24.1 Å². The Kier molecular flexibility index (Phi) is 6.56. The third kappa shape index (κ3) is 5.01. The third-order valence-electron chi connectivity index (χ3n) is 2.79. The van der Waals surface area contributed by atoms with Crippen LogP contribution in [0.3, 0.4) is 0 Å². The number of rotatable bonds is 7. The van der Waals surface area contributed by atoms with Gasteiger partial charge >= 0.3 is 0 Å². The van der Waals surface area contributed by atoms with E-state index in [2.05, 4.69) is 18.3 Å². The van der Waals surface area contributed by atoms with Gasteiger partial charge in [0.05, 0.1) is 12.5 Å². The summed E-state index contributed by atoms with van der Waals surface area (Å²) < 4.78 is 0. The Morgan fingerprint density at radius 3 is 2.89 bits per heavy atom. The molecule has 3 heteroatoms. The van der Waals surface area contributed by atoms with Gasteiger partial charge in [0.25, 0.3) is 5.91 Å². The Labute approximate surface area is 109 Å². The molecule has 1 aromatic carbocycles. The van der Waals surface area contributed by atoms with Crippen molar-refractivity contribution in [3.63, 3.8) is 0 Å². The van der Waals surface area contributed by atoms with Crippen LogP contribution in [-0.2, 0) is 6.42 Å². The van der Waals surface area contributed by atoms with Crippen LogP contribution in [0, 0.1) is 11.3 Å². The summed E-state index contributed by atoms with van der Waals surface area (Å²) in [6, 6.07) is 9.33. The number of hydrogen-bond donors (Lipinski definition) is 1. The smallest absolute Gasteiger partial charge is 0.251 e. The minimum absolute atomic E-state index is 0.0497. The summed E-state index contributed by atoms with van der Waals surface area (Å²) in [5.74, 6) is -0.0497. The van der Waals surface area contributed by atoms with Crippen LogP contribution >= 0.6 is 0 Å². The summed E-state index contributed by atoms with van der Waals surface area (Å²) in [6.45, 7) is 2.89. The predicted octanol–water partition coefficient (Wildman–Crippen LogP) is 3.06. The van der Waals surface area contributed by atoms with Crippen molar-refractivity contribution in [3.05, 3.63) is 35.4 Å². The maximum Gasteiger partial charge on any atom is 0.251 e. The highest BCUT2D eigenvalue weighted by molar-refractivity contribution is 5.94. The highest BCUT2D eigenvalue weighted by Gasteiger charge is 2.05. The molecule has 0 radical (unpaired) electrons. The topological polar surface area (TPSA) is 52.9 Å². The Hall–Kier alpha value is -1.82. The molecule has 0 spiro atoms. The van der Waals surface area contributed by atoms with E-state index in [0.717, 1.165) is 24.9 Å². The molecule has 18 heavy (non-hydrogen) atoms. The Morgan fingerprint density at radius 1 is 1.33 bits per heavy atom. The summed E-state index contributed by atoms with van der Waals surface area (Å²) in [5, 5.41) is 11.5. The molecule has 0 unspecified atom stereocenters. The minimum Gasteiger partial charge on any atom is -0.352 e. The van der Waals surface area contributed by atoms with Crippen molar-refractivity contribution in [1.29, 1.82) is 5.26 Å². The van der Waals surface area contributed by atoms with Crippen LogP contribution in [0.15, 0.2) is 24.3 Å². The van der Waals surface area contributed by atoms with Crippen LogP contribution in [0.5, 0.6) is 0 Å². The average Bonchev–Trinajstić information content (AvgIpc) is 2.39. The van der Waals surface area contributed by atoms with Crippen molar-refractivity contribution >= 4 is 5.91 Å². The largest absolute Gasteiger partial charge is 0.352 e. The molecule has 0 fully saturated rings. The van der Waals surface area contributed by atoms with Gasteiger partial charge in [0.15, 0.2) is 0 Å². The number of benzene rings is 1. The maximum atomic E-state index is 11.8. The number of nitriles is 1. The van der Waals surface area contributed by atoms with E-state index in [9.17, 15) is 4.79 Å². The summed E-state index contributed by atoms with van der Waals surface area (Å²) in [5.41, 5.74) is 1.52. The van der Waals surface area contributed by atoms with Crippen LogP contribution in [0.2, 0.25) is 0 Å². The molecule has 0 aliphatic heterocycles. The number of carbonyl (C=O) groups is 1. The molecule has 96 valence electrons. The molecule has 3 nitrogen and oxygen atoms in total. The highest BCUT2D eigenvalue weighted by atomic mass is 16.1. The Morgan fingerprint density at radius 2 is 2.17 bits per heavy atom. The van der Waals surface area contributed by atoms with Gasteiger partial charge in [-0.3, -0.25) is 4.79 Å². The molecular weight excluding hydrogens is 224 g/mol. The van der Waals surface area contributed by atoms with Crippen LogP contribution < -0.4 is 5.32 Å². The molecule has 1 rings (SSSR count). The van der Waals surface area contributed by atoms with Crippen LogP contribution in [0.25, 0.3) is 0 Å². The Balaban J connectivity index is 2.41. The normalized spacial score (nSPS) is 9.78. The van der Waals surface area contributed by atoms with Gasteiger partial charge in [-0.1, -0.05) is 38.3 Å². The summed E-state index contributed by atoms with van der Waals surface area (Å²) >= 11 is 0. The summed E-state index contributed by atoms with van der Waals surface area (Å²) in [6.07, 6.45) is 4.94. The lowest BCUT2D eigenvalue weighted by molar-refractivity contribution is 0.0953. The molecule has 0 aromatic heterocycles. The lowest BCUT2D eigenvalue weighted by Crippen LogP contribution is -2.24. The monoisotopic (exact) mass is 244 g/mol. The van der Waals surface area contributed by atoms with Gasteiger partial charge in [-0.25, -0.2) is 0 Å². The highest BCUT2D eigenvalue weighted by Crippen LogP contribution is 2.06. The van der Waals surface area contributed by atoms with Gasteiger partial charge in [0.2, 0.25) is 0 Å². The fraction of sp³-hybridized carbons (Fsp3) is 0.467. The van der Waals surface area contributed by atoms with Crippen molar-refractivity contribution in [2.24, 2.45) is 0 Å². The average molecular weight is 244 g/mol. The van der Waals surface area contributed by atoms with Crippen molar-refractivity contribution in [1.82, 2.24) is 5.32 Å². The zero-order valence-corrected chi connectivity index (χ0v) is 10.9. The zero-order chi connectivity index (χ0) is 13.2. The molecule has 0 saturated carbocycles. The van der Waals surface area contributed by atoms with E-state index in [1.807, 2.05) is 12.1 Å². The van der Waals surface area contributed by atoms with Crippen molar-refractivity contribution in [2.75, 3.05) is 6.54 Å². The number of nitrogens with one attached hydrogen (secondary N) is 1. The maximum absolute atomic E-state index is 11.8. The second-order valence-electron chi connectivity index (χ2n) is 4.35. The SMILES string of the molecule is CCCCCCNC(=O)c1cccc(CC#N)c1. The van der Waals surface area contributed by atoms with Gasteiger partial charge in [0, 0.05) is 12.1 Å². The van der Waals surface area contributed by atoms with Gasteiger partial charge in [-0.2, -0.15) is 5.26 Å². The first kappa shape index (κ1) is 14.2. The third-order valence-corrected chi connectivity index (χ3v) is 2.79. The molecule has 0 saturated heterocycles. The van der Waals surface area contributed by atoms with E-state index in [1.165, 1.54) is 12.8 Å². The van der Waals surface area contributed by atoms with E-state index in [4.69, 9.17) is 5.26 Å². The molecule has 0 aliphatic rings. The van der Waals surface area contributed by atoms with Crippen molar-refractivity contribution < 1.29 is 4.79 Å². The molecule has 1 N–H and O–H groups in total. The van der Waals surface area contributed by atoms with Gasteiger partial charge < -0.3 is 5.32 Å². The fourth-order valence-corrected chi connectivity index (χ4v) is 1.77. The van der Waals surface area contributed by atoms with Crippen LogP contribution in [-0.4, -0.2) is 12.5 Å². The second-order valence-corrected chi connectivity index (χ2v) is 4.35. The molecule has 0 heterocycles. The Bertz CT molecular complexity index is 421. The molecule has 0 atom stereocenters. The number of unbranched alkanes of at least 4 members (excludes halogenated alkanes) is 3. The summed E-state index contributed by atoms with van der Waals surface area (Å²) in [4.78, 5) is 11.8. The van der Waals surface area contributed by atoms with E-state index in [0.29, 0.717) is 12.0 Å². The molecule has 1 amide bonds. The first-order chi connectivity index (χ1) is 8.77. The molecular formula is C15H20N2O. The number of hydrogen-bond acceptors (Lipinski definition) is 2. The molecule has 0 bridgehead atoms. The molecule has 0 aliphatic carbocycles. The fourth-order valence-electron chi connectivity index (χ4n) is 1.77. The number of carbonyl (C=O) groups excluding carboxylic acids is 1. The second kappa shape index (κ2) is 8.30. The van der Waals surface area contributed by atoms with E-state index >= 15 is 0 Å². The van der Waals surface area contributed by atoms with Crippen molar-refractivity contribution in [3.8, 4) is 6.07 Å². The van der Waals surface area contributed by atoms with Crippen LogP contribution in [0.1, 0.15) is 48.5 Å². The first-order valence-corrected chi connectivity index (χ1v) is 6.52. The minimum atomic E-state index is -0.0497. The number of amides is 1. The molecule has 1 aromatic rings. The number of nitrogens with zero attached hydrogens (tertiary/aromatic N) is 1. The quantitative estimate of drug-likeness (QED) is 0.749. The van der Waals surface area contributed by atoms with E-state index in [-0.39, 0.29) is 5.91 Å².